The third-order valence-electron chi connectivity index (χ3n) is 3.90. The fraction of sp³-hybridized carbons (Fsp3) is 1.00. The maximum absolute atomic E-state index is 6.10. The maximum Gasteiger partial charge on any atom is 0.0704 e. The van der Waals surface area contributed by atoms with Gasteiger partial charge in [-0.2, -0.15) is 0 Å². The van der Waals surface area contributed by atoms with Crippen molar-refractivity contribution in [3.8, 4) is 0 Å². The number of rotatable bonds is 4. The molecule has 0 spiro atoms. The summed E-state index contributed by atoms with van der Waals surface area (Å²) in [5, 5.41) is 4.00. The Bertz CT molecular complexity index is 204. The number of hydrogen-bond acceptors (Lipinski definition) is 2. The number of halogens is 1. The monoisotopic (exact) mass is 245 g/mol. The van der Waals surface area contributed by atoms with Crippen LogP contribution in [0.1, 0.15) is 45.4 Å². The molecule has 1 heterocycles. The summed E-state index contributed by atoms with van der Waals surface area (Å²) in [5.41, 5.74) is 0. The Morgan fingerprint density at radius 3 is 2.44 bits per heavy atom. The molecule has 1 aliphatic heterocycles. The minimum Gasteiger partial charge on any atom is -0.374 e. The summed E-state index contributed by atoms with van der Waals surface area (Å²) in [4.78, 5) is 0. The Kier molecular flexibility index (Phi) is 4.93. The molecule has 0 aromatic heterocycles. The number of nitrogens with one attached hydrogen (secondary N) is 1. The van der Waals surface area contributed by atoms with E-state index in [2.05, 4.69) is 12.2 Å². The molecule has 3 heteroatoms. The largest absolute Gasteiger partial charge is 0.374 e. The lowest BCUT2D eigenvalue weighted by Crippen LogP contribution is -2.32. The van der Waals surface area contributed by atoms with Crippen LogP contribution in [0.5, 0.6) is 0 Å². The normalized spacial score (nSPS) is 40.1. The van der Waals surface area contributed by atoms with Gasteiger partial charge in [0.1, 0.15) is 0 Å². The zero-order valence-electron chi connectivity index (χ0n) is 10.3. The predicted octanol–water partition coefficient (Wildman–Crippen LogP) is 2.94. The van der Waals surface area contributed by atoms with Crippen LogP contribution in [0.4, 0.5) is 0 Å². The molecule has 16 heavy (non-hydrogen) atoms. The minimum atomic E-state index is 0.440. The van der Waals surface area contributed by atoms with Crippen LogP contribution in [0, 0.1) is 5.92 Å². The molecule has 2 fully saturated rings. The molecular weight excluding hydrogens is 222 g/mol. The highest BCUT2D eigenvalue weighted by Crippen LogP contribution is 2.27. The van der Waals surface area contributed by atoms with E-state index in [0.29, 0.717) is 17.6 Å². The van der Waals surface area contributed by atoms with Crippen LogP contribution in [0.2, 0.25) is 0 Å². The first-order valence-corrected chi connectivity index (χ1v) is 7.18. The SMILES string of the molecule is CC1CCC(CNCC2CCC(Cl)CC2)O1. The lowest BCUT2D eigenvalue weighted by atomic mass is 9.89. The van der Waals surface area contributed by atoms with Crippen molar-refractivity contribution < 1.29 is 4.74 Å². The number of ether oxygens (including phenoxy) is 1. The van der Waals surface area contributed by atoms with E-state index in [1.807, 2.05) is 0 Å². The summed E-state index contributed by atoms with van der Waals surface area (Å²) in [5.74, 6) is 0.842. The molecule has 94 valence electrons. The third-order valence-corrected chi connectivity index (χ3v) is 4.34. The molecule has 0 radical (unpaired) electrons. The zero-order chi connectivity index (χ0) is 11.4. The van der Waals surface area contributed by atoms with Crippen molar-refractivity contribution in [1.82, 2.24) is 5.32 Å². The fourth-order valence-corrected chi connectivity index (χ4v) is 3.06. The third kappa shape index (κ3) is 3.90. The molecular formula is C13H24ClNO. The van der Waals surface area contributed by atoms with E-state index in [4.69, 9.17) is 16.3 Å². The van der Waals surface area contributed by atoms with Gasteiger partial charge in [0.05, 0.1) is 12.2 Å². The predicted molar refractivity (Wildman–Crippen MR) is 68.0 cm³/mol. The van der Waals surface area contributed by atoms with E-state index in [9.17, 15) is 0 Å². The molecule has 1 saturated carbocycles. The van der Waals surface area contributed by atoms with Crippen LogP contribution < -0.4 is 5.32 Å². The highest BCUT2D eigenvalue weighted by molar-refractivity contribution is 6.20. The summed E-state index contributed by atoms with van der Waals surface area (Å²) in [6, 6.07) is 0. The highest BCUT2D eigenvalue weighted by atomic mass is 35.5. The average Bonchev–Trinajstić information content (AvgIpc) is 2.67. The molecule has 2 atom stereocenters. The first-order valence-electron chi connectivity index (χ1n) is 6.74. The molecule has 1 aliphatic carbocycles. The van der Waals surface area contributed by atoms with Crippen LogP contribution in [0.25, 0.3) is 0 Å². The smallest absolute Gasteiger partial charge is 0.0704 e. The molecule has 2 rings (SSSR count). The lowest BCUT2D eigenvalue weighted by molar-refractivity contribution is 0.0553. The van der Waals surface area contributed by atoms with Gasteiger partial charge in [0, 0.05) is 11.9 Å². The fourth-order valence-electron chi connectivity index (χ4n) is 2.81. The topological polar surface area (TPSA) is 21.3 Å². The Morgan fingerprint density at radius 1 is 1.06 bits per heavy atom. The molecule has 0 aromatic rings. The van der Waals surface area contributed by atoms with Gasteiger partial charge in [0.25, 0.3) is 0 Å². The van der Waals surface area contributed by atoms with E-state index in [-0.39, 0.29) is 0 Å². The molecule has 2 unspecified atom stereocenters. The standard InChI is InChI=1S/C13H24ClNO/c1-10-2-7-13(16-10)9-15-8-11-3-5-12(14)6-4-11/h10-13,15H,2-9H2,1H3. The first kappa shape index (κ1) is 12.7. The van der Waals surface area contributed by atoms with Gasteiger partial charge >= 0.3 is 0 Å². The van der Waals surface area contributed by atoms with Crippen LogP contribution in [0.15, 0.2) is 0 Å². The molecule has 1 N–H and O–H groups in total. The molecule has 2 nitrogen and oxygen atoms in total. The van der Waals surface area contributed by atoms with E-state index >= 15 is 0 Å². The Morgan fingerprint density at radius 2 is 1.81 bits per heavy atom. The van der Waals surface area contributed by atoms with Gasteiger partial charge in [-0.1, -0.05) is 0 Å². The second-order valence-corrected chi connectivity index (χ2v) is 6.04. The van der Waals surface area contributed by atoms with Crippen LogP contribution in [-0.4, -0.2) is 30.7 Å². The van der Waals surface area contributed by atoms with Crippen LogP contribution in [-0.2, 0) is 4.74 Å². The van der Waals surface area contributed by atoms with Gasteiger partial charge in [-0.3, -0.25) is 0 Å². The average molecular weight is 246 g/mol. The van der Waals surface area contributed by atoms with Crippen molar-refractivity contribution in [3.05, 3.63) is 0 Å². The zero-order valence-corrected chi connectivity index (χ0v) is 11.0. The van der Waals surface area contributed by atoms with Gasteiger partial charge < -0.3 is 10.1 Å². The van der Waals surface area contributed by atoms with Gasteiger partial charge in [0.2, 0.25) is 0 Å². The first-order chi connectivity index (χ1) is 7.74. The second-order valence-electron chi connectivity index (χ2n) is 5.42. The van der Waals surface area contributed by atoms with Gasteiger partial charge in [-0.05, 0) is 57.9 Å². The Balaban J connectivity index is 1.54. The molecule has 0 aromatic carbocycles. The van der Waals surface area contributed by atoms with Gasteiger partial charge in [0.15, 0.2) is 0 Å². The number of hydrogen-bond donors (Lipinski definition) is 1. The molecule has 0 amide bonds. The quantitative estimate of drug-likeness (QED) is 0.769. The van der Waals surface area contributed by atoms with Crippen LogP contribution in [0.3, 0.4) is 0 Å². The maximum atomic E-state index is 6.10. The van der Waals surface area contributed by atoms with E-state index in [0.717, 1.165) is 19.0 Å². The number of alkyl halides is 1. The van der Waals surface area contributed by atoms with Gasteiger partial charge in [-0.25, -0.2) is 0 Å². The summed E-state index contributed by atoms with van der Waals surface area (Å²) in [6.45, 7) is 4.35. The summed E-state index contributed by atoms with van der Waals surface area (Å²) < 4.78 is 5.78. The molecule has 1 saturated heterocycles. The van der Waals surface area contributed by atoms with Crippen molar-refractivity contribution in [2.75, 3.05) is 13.1 Å². The van der Waals surface area contributed by atoms with Crippen molar-refractivity contribution >= 4 is 11.6 Å². The highest BCUT2D eigenvalue weighted by Gasteiger charge is 2.22. The van der Waals surface area contributed by atoms with Crippen LogP contribution >= 0.6 is 11.6 Å². The minimum absolute atomic E-state index is 0.440. The van der Waals surface area contributed by atoms with Gasteiger partial charge in [-0.15, -0.1) is 11.6 Å². The van der Waals surface area contributed by atoms with E-state index < -0.39 is 0 Å². The molecule has 2 aliphatic rings. The molecule has 0 bridgehead atoms. The second kappa shape index (κ2) is 6.23. The summed E-state index contributed by atoms with van der Waals surface area (Å²) >= 11 is 6.10. The van der Waals surface area contributed by atoms with Crippen molar-refractivity contribution in [1.29, 1.82) is 0 Å². The summed E-state index contributed by atoms with van der Waals surface area (Å²) in [6.07, 6.45) is 8.37. The lowest BCUT2D eigenvalue weighted by Gasteiger charge is -2.25. The van der Waals surface area contributed by atoms with E-state index in [1.165, 1.54) is 38.5 Å². The van der Waals surface area contributed by atoms with Crippen molar-refractivity contribution in [3.63, 3.8) is 0 Å². The Labute approximate surface area is 104 Å². The van der Waals surface area contributed by atoms with Crippen molar-refractivity contribution in [2.24, 2.45) is 5.92 Å². The van der Waals surface area contributed by atoms with Crippen molar-refractivity contribution in [2.45, 2.75) is 63.0 Å². The summed E-state index contributed by atoms with van der Waals surface area (Å²) in [7, 11) is 0. The van der Waals surface area contributed by atoms with E-state index in [1.54, 1.807) is 0 Å². The Hall–Kier alpha value is 0.210.